The second-order valence-electron chi connectivity index (χ2n) is 4.81. The van der Waals surface area contributed by atoms with Crippen molar-refractivity contribution in [3.8, 4) is 0 Å². The number of likely N-dealkylation sites (N-methyl/N-ethyl adjacent to an activating group) is 1. The summed E-state index contributed by atoms with van der Waals surface area (Å²) in [5, 5.41) is 4.50. The minimum Gasteiger partial charge on any atom is -0.383 e. The molecule has 1 atom stereocenters. The van der Waals surface area contributed by atoms with E-state index < -0.39 is 0 Å². The van der Waals surface area contributed by atoms with Crippen LogP contribution in [-0.4, -0.2) is 38.8 Å². The Balaban J connectivity index is 2.85. The molecule has 5 heteroatoms. The zero-order valence-corrected chi connectivity index (χ0v) is 13.6. The lowest BCUT2D eigenvalue weighted by Gasteiger charge is -2.14. The molecule has 0 aliphatic carbocycles. The van der Waals surface area contributed by atoms with Crippen LogP contribution in [-0.2, 0) is 11.3 Å². The molecule has 1 N–H and O–H groups in total. The average Bonchev–Trinajstić information content (AvgIpc) is 2.85. The van der Waals surface area contributed by atoms with Gasteiger partial charge in [0, 0.05) is 32.1 Å². The molecule has 0 aliphatic rings. The Morgan fingerprint density at radius 1 is 1.42 bits per heavy atom. The van der Waals surface area contributed by atoms with Crippen molar-refractivity contribution in [2.24, 2.45) is 0 Å². The van der Waals surface area contributed by atoms with Gasteiger partial charge in [-0.1, -0.05) is 20.8 Å². The van der Waals surface area contributed by atoms with Gasteiger partial charge in [0.1, 0.15) is 0 Å². The van der Waals surface area contributed by atoms with Crippen LogP contribution >= 0.6 is 11.3 Å². The summed E-state index contributed by atoms with van der Waals surface area (Å²) in [6, 6.07) is 0. The van der Waals surface area contributed by atoms with Gasteiger partial charge in [-0.25, -0.2) is 4.98 Å². The van der Waals surface area contributed by atoms with Gasteiger partial charge in [0.25, 0.3) is 0 Å². The lowest BCUT2D eigenvalue weighted by Crippen LogP contribution is -2.21. The number of hydrogen-bond donors (Lipinski definition) is 1. The summed E-state index contributed by atoms with van der Waals surface area (Å²) in [5.41, 5.74) is 1.26. The van der Waals surface area contributed by atoms with Crippen LogP contribution in [0.25, 0.3) is 0 Å². The van der Waals surface area contributed by atoms with E-state index in [9.17, 15) is 0 Å². The van der Waals surface area contributed by atoms with Crippen molar-refractivity contribution in [3.05, 3.63) is 10.6 Å². The van der Waals surface area contributed by atoms with E-state index in [1.807, 2.05) is 0 Å². The minimum atomic E-state index is 0.523. The molecular weight excluding hydrogens is 258 g/mol. The largest absolute Gasteiger partial charge is 0.383 e. The number of nitrogens with zero attached hydrogens (tertiary/aromatic N) is 2. The molecular formula is C14H27N3OS. The van der Waals surface area contributed by atoms with Gasteiger partial charge in [-0.05, 0) is 18.9 Å². The highest BCUT2D eigenvalue weighted by atomic mass is 32.1. The summed E-state index contributed by atoms with van der Waals surface area (Å²) in [7, 11) is 3.81. The number of nitrogens with one attached hydrogen (secondary N) is 1. The van der Waals surface area contributed by atoms with E-state index in [-0.39, 0.29) is 0 Å². The van der Waals surface area contributed by atoms with Gasteiger partial charge >= 0.3 is 0 Å². The van der Waals surface area contributed by atoms with Crippen LogP contribution in [0.3, 0.4) is 0 Å². The highest BCUT2D eigenvalue weighted by Crippen LogP contribution is 2.31. The van der Waals surface area contributed by atoms with Gasteiger partial charge in [-0.3, -0.25) is 0 Å². The van der Waals surface area contributed by atoms with Crippen LogP contribution in [0.5, 0.6) is 0 Å². The van der Waals surface area contributed by atoms with Gasteiger partial charge in [0.2, 0.25) is 0 Å². The maximum absolute atomic E-state index is 5.13. The molecule has 0 bridgehead atoms. The standard InChI is InChI=1S/C14H27N3OS/c1-6-11(3)13-12(10-15-7-2)19-14(16-13)17(4)8-9-18-5/h11,15H,6-10H2,1-5H3. The molecule has 0 saturated carbocycles. The Kier molecular flexibility index (Phi) is 7.34. The van der Waals surface area contributed by atoms with Crippen molar-refractivity contribution < 1.29 is 4.74 Å². The van der Waals surface area contributed by atoms with E-state index in [1.165, 1.54) is 10.6 Å². The van der Waals surface area contributed by atoms with Crippen molar-refractivity contribution in [2.45, 2.75) is 39.7 Å². The van der Waals surface area contributed by atoms with E-state index in [2.05, 4.69) is 38.0 Å². The summed E-state index contributed by atoms with van der Waals surface area (Å²) >= 11 is 1.80. The van der Waals surface area contributed by atoms with E-state index in [0.29, 0.717) is 5.92 Å². The van der Waals surface area contributed by atoms with E-state index in [0.717, 1.165) is 37.8 Å². The number of rotatable bonds is 9. The van der Waals surface area contributed by atoms with Crippen LogP contribution in [0, 0.1) is 0 Å². The van der Waals surface area contributed by atoms with Gasteiger partial charge in [0.05, 0.1) is 12.3 Å². The SMILES string of the molecule is CCNCc1sc(N(C)CCOC)nc1C(C)CC. The second-order valence-corrected chi connectivity index (χ2v) is 5.87. The fourth-order valence-corrected chi connectivity index (χ4v) is 2.92. The smallest absolute Gasteiger partial charge is 0.185 e. The summed E-state index contributed by atoms with van der Waals surface area (Å²) in [6.07, 6.45) is 1.13. The molecule has 0 saturated heterocycles. The molecule has 1 heterocycles. The predicted molar refractivity (Wildman–Crippen MR) is 83.3 cm³/mol. The molecule has 4 nitrogen and oxygen atoms in total. The van der Waals surface area contributed by atoms with Crippen LogP contribution < -0.4 is 10.2 Å². The lowest BCUT2D eigenvalue weighted by atomic mass is 10.0. The molecule has 0 spiro atoms. The lowest BCUT2D eigenvalue weighted by molar-refractivity contribution is 0.206. The fraction of sp³-hybridized carbons (Fsp3) is 0.786. The highest BCUT2D eigenvalue weighted by Gasteiger charge is 2.17. The third kappa shape index (κ3) is 4.75. The Bertz CT molecular complexity index is 368. The molecule has 1 rings (SSSR count). The highest BCUT2D eigenvalue weighted by molar-refractivity contribution is 7.15. The first-order valence-electron chi connectivity index (χ1n) is 7.04. The van der Waals surface area contributed by atoms with E-state index >= 15 is 0 Å². The van der Waals surface area contributed by atoms with Gasteiger partial charge in [-0.2, -0.15) is 0 Å². The maximum atomic E-state index is 5.13. The molecule has 0 fully saturated rings. The van der Waals surface area contributed by atoms with Gasteiger partial charge < -0.3 is 15.0 Å². The third-order valence-corrected chi connectivity index (χ3v) is 4.47. The molecule has 0 amide bonds. The van der Waals surface area contributed by atoms with Crippen molar-refractivity contribution in [1.29, 1.82) is 0 Å². The number of methoxy groups -OCH3 is 1. The van der Waals surface area contributed by atoms with Crippen LogP contribution in [0.1, 0.15) is 43.7 Å². The monoisotopic (exact) mass is 285 g/mol. The molecule has 1 unspecified atom stereocenters. The van der Waals surface area contributed by atoms with Crippen LogP contribution in [0.4, 0.5) is 5.13 Å². The summed E-state index contributed by atoms with van der Waals surface area (Å²) in [6.45, 7) is 10.1. The molecule has 0 radical (unpaired) electrons. The zero-order valence-electron chi connectivity index (χ0n) is 12.8. The Labute approximate surface area is 121 Å². The molecule has 0 aromatic carbocycles. The Morgan fingerprint density at radius 3 is 2.74 bits per heavy atom. The topological polar surface area (TPSA) is 37.4 Å². The summed E-state index contributed by atoms with van der Waals surface area (Å²) in [5.74, 6) is 0.523. The minimum absolute atomic E-state index is 0.523. The Hall–Kier alpha value is -0.650. The number of anilines is 1. The van der Waals surface area contributed by atoms with E-state index in [4.69, 9.17) is 9.72 Å². The predicted octanol–water partition coefficient (Wildman–Crippen LogP) is 2.85. The van der Waals surface area contributed by atoms with Crippen molar-refractivity contribution in [3.63, 3.8) is 0 Å². The maximum Gasteiger partial charge on any atom is 0.185 e. The first-order chi connectivity index (χ1) is 9.13. The number of hydrogen-bond acceptors (Lipinski definition) is 5. The molecule has 1 aromatic rings. The molecule has 1 aromatic heterocycles. The second kappa shape index (κ2) is 8.51. The first-order valence-corrected chi connectivity index (χ1v) is 7.86. The Morgan fingerprint density at radius 2 is 2.16 bits per heavy atom. The van der Waals surface area contributed by atoms with Gasteiger partial charge in [0.15, 0.2) is 5.13 Å². The summed E-state index contributed by atoms with van der Waals surface area (Å²) in [4.78, 5) is 8.38. The molecule has 0 aliphatic heterocycles. The number of ether oxygens (including phenoxy) is 1. The van der Waals surface area contributed by atoms with Crippen molar-refractivity contribution in [2.75, 3.05) is 38.8 Å². The van der Waals surface area contributed by atoms with Crippen LogP contribution in [0.2, 0.25) is 0 Å². The van der Waals surface area contributed by atoms with Gasteiger partial charge in [-0.15, -0.1) is 11.3 Å². The number of thiazole rings is 1. The van der Waals surface area contributed by atoms with E-state index in [1.54, 1.807) is 18.4 Å². The average molecular weight is 285 g/mol. The quantitative estimate of drug-likeness (QED) is 0.757. The van der Waals surface area contributed by atoms with Crippen LogP contribution in [0.15, 0.2) is 0 Å². The van der Waals surface area contributed by atoms with Crippen molar-refractivity contribution >= 4 is 16.5 Å². The molecule has 19 heavy (non-hydrogen) atoms. The normalized spacial score (nSPS) is 12.7. The first kappa shape index (κ1) is 16.4. The zero-order chi connectivity index (χ0) is 14.3. The van der Waals surface area contributed by atoms with Crippen molar-refractivity contribution in [1.82, 2.24) is 10.3 Å². The fourth-order valence-electron chi connectivity index (χ4n) is 1.78. The molecule has 110 valence electrons. The number of aromatic nitrogens is 1. The third-order valence-electron chi connectivity index (χ3n) is 3.29. The summed E-state index contributed by atoms with van der Waals surface area (Å²) < 4.78 is 5.13.